The number of carbonyl (C=O) groups is 1. The number of nitrogens with one attached hydrogen (secondary N) is 1. The first kappa shape index (κ1) is 12.9. The van der Waals surface area contributed by atoms with Crippen LogP contribution in [0.3, 0.4) is 0 Å². The second-order valence-electron chi connectivity index (χ2n) is 3.88. The number of rotatable bonds is 5. The Kier molecular flexibility index (Phi) is 3.97. The van der Waals surface area contributed by atoms with Crippen LogP contribution in [0.25, 0.3) is 0 Å². The molecule has 1 aromatic heterocycles. The molecule has 1 aromatic carbocycles. The molecule has 0 aliphatic heterocycles. The van der Waals surface area contributed by atoms with E-state index in [4.69, 9.17) is 9.26 Å². The summed E-state index contributed by atoms with van der Waals surface area (Å²) in [5.41, 5.74) is 1.23. The highest BCUT2D eigenvalue weighted by Gasteiger charge is 2.13. The predicted molar refractivity (Wildman–Crippen MR) is 71.3 cm³/mol. The lowest BCUT2D eigenvalue weighted by molar-refractivity contribution is 0.0987. The molecule has 2 aromatic rings. The molecule has 0 radical (unpaired) electrons. The van der Waals surface area contributed by atoms with E-state index in [0.29, 0.717) is 23.7 Å². The Bertz CT molecular complexity index is 590. The second-order valence-corrected chi connectivity index (χ2v) is 3.88. The van der Waals surface area contributed by atoms with Crippen LogP contribution < -0.4 is 10.1 Å². The maximum atomic E-state index is 11.9. The smallest absolute Gasteiger partial charge is 0.294 e. The van der Waals surface area contributed by atoms with Gasteiger partial charge in [0.2, 0.25) is 5.76 Å². The molecule has 5 nitrogen and oxygen atoms in total. The van der Waals surface area contributed by atoms with Gasteiger partial charge in [-0.3, -0.25) is 4.79 Å². The van der Waals surface area contributed by atoms with Crippen molar-refractivity contribution < 1.29 is 14.1 Å². The van der Waals surface area contributed by atoms with E-state index in [0.717, 1.165) is 0 Å². The first-order valence-corrected chi connectivity index (χ1v) is 5.78. The van der Waals surface area contributed by atoms with Crippen molar-refractivity contribution >= 4 is 11.6 Å². The molecule has 1 N–H and O–H groups in total. The van der Waals surface area contributed by atoms with E-state index >= 15 is 0 Å². The molecule has 0 spiro atoms. The molecule has 2 rings (SSSR count). The highest BCUT2D eigenvalue weighted by Crippen LogP contribution is 2.24. The van der Waals surface area contributed by atoms with E-state index in [1.54, 1.807) is 31.2 Å². The van der Waals surface area contributed by atoms with Crippen molar-refractivity contribution in [1.29, 1.82) is 0 Å². The molecule has 1 amide bonds. The molecule has 1 heterocycles. The van der Waals surface area contributed by atoms with Gasteiger partial charge >= 0.3 is 0 Å². The number of amides is 1. The van der Waals surface area contributed by atoms with E-state index in [1.807, 2.05) is 12.1 Å². The molecule has 0 aliphatic carbocycles. The summed E-state index contributed by atoms with van der Waals surface area (Å²) in [5.74, 6) is 0.373. The SMILES string of the molecule is C=CCOc1ccccc1NC(=O)c1cc(C)no1. The van der Waals surface area contributed by atoms with Crippen molar-refractivity contribution in [3.8, 4) is 5.75 Å². The number of benzene rings is 1. The van der Waals surface area contributed by atoms with Crippen LogP contribution in [0, 0.1) is 6.92 Å². The average molecular weight is 258 g/mol. The fraction of sp³-hybridized carbons (Fsp3) is 0.143. The lowest BCUT2D eigenvalue weighted by Gasteiger charge is -2.10. The van der Waals surface area contributed by atoms with Gasteiger partial charge in [-0.2, -0.15) is 0 Å². The quantitative estimate of drug-likeness (QED) is 0.837. The zero-order chi connectivity index (χ0) is 13.7. The maximum Gasteiger partial charge on any atom is 0.294 e. The highest BCUT2D eigenvalue weighted by molar-refractivity contribution is 6.03. The summed E-state index contributed by atoms with van der Waals surface area (Å²) in [4.78, 5) is 11.9. The fourth-order valence-electron chi connectivity index (χ4n) is 1.50. The summed E-state index contributed by atoms with van der Waals surface area (Å²) in [6.07, 6.45) is 1.64. The zero-order valence-electron chi connectivity index (χ0n) is 10.6. The number of aromatic nitrogens is 1. The molecule has 0 atom stereocenters. The largest absolute Gasteiger partial charge is 0.487 e. The van der Waals surface area contributed by atoms with Crippen LogP contribution in [-0.2, 0) is 0 Å². The predicted octanol–water partition coefficient (Wildman–Crippen LogP) is 2.80. The van der Waals surface area contributed by atoms with E-state index in [9.17, 15) is 4.79 Å². The van der Waals surface area contributed by atoms with Gasteiger partial charge in [0.15, 0.2) is 0 Å². The van der Waals surface area contributed by atoms with E-state index in [2.05, 4.69) is 17.1 Å². The van der Waals surface area contributed by atoms with Gasteiger partial charge in [0.1, 0.15) is 12.4 Å². The number of carbonyl (C=O) groups excluding carboxylic acids is 1. The maximum absolute atomic E-state index is 11.9. The van der Waals surface area contributed by atoms with Crippen LogP contribution in [0.15, 0.2) is 47.5 Å². The van der Waals surface area contributed by atoms with Crippen LogP contribution in [0.4, 0.5) is 5.69 Å². The van der Waals surface area contributed by atoms with Gasteiger partial charge in [-0.1, -0.05) is 29.9 Å². The molecular formula is C14H14N2O3. The molecule has 98 valence electrons. The van der Waals surface area contributed by atoms with Crippen molar-refractivity contribution in [2.75, 3.05) is 11.9 Å². The Morgan fingerprint density at radius 2 is 2.32 bits per heavy atom. The number of para-hydroxylation sites is 2. The van der Waals surface area contributed by atoms with Crippen molar-refractivity contribution in [3.63, 3.8) is 0 Å². The zero-order valence-corrected chi connectivity index (χ0v) is 10.6. The molecule has 0 fully saturated rings. The van der Waals surface area contributed by atoms with Gasteiger partial charge < -0.3 is 14.6 Å². The number of aryl methyl sites for hydroxylation is 1. The molecule has 0 saturated heterocycles. The minimum atomic E-state index is -0.366. The second kappa shape index (κ2) is 5.86. The lowest BCUT2D eigenvalue weighted by atomic mass is 10.2. The molecule has 0 aliphatic rings. The monoisotopic (exact) mass is 258 g/mol. The van der Waals surface area contributed by atoms with E-state index < -0.39 is 0 Å². The summed E-state index contributed by atoms with van der Waals surface area (Å²) in [7, 11) is 0. The summed E-state index contributed by atoms with van der Waals surface area (Å²) >= 11 is 0. The third-order valence-electron chi connectivity index (χ3n) is 2.34. The van der Waals surface area contributed by atoms with Gasteiger partial charge in [0, 0.05) is 6.07 Å². The van der Waals surface area contributed by atoms with Crippen molar-refractivity contribution in [2.45, 2.75) is 6.92 Å². The van der Waals surface area contributed by atoms with Crippen LogP contribution in [0.2, 0.25) is 0 Å². The minimum Gasteiger partial charge on any atom is -0.487 e. The summed E-state index contributed by atoms with van der Waals surface area (Å²) in [6, 6.07) is 8.72. The van der Waals surface area contributed by atoms with Crippen molar-refractivity contribution in [2.24, 2.45) is 0 Å². The first-order valence-electron chi connectivity index (χ1n) is 5.78. The fourth-order valence-corrected chi connectivity index (χ4v) is 1.50. The van der Waals surface area contributed by atoms with E-state index in [-0.39, 0.29) is 11.7 Å². The van der Waals surface area contributed by atoms with Crippen LogP contribution >= 0.6 is 0 Å². The number of nitrogens with zero attached hydrogens (tertiary/aromatic N) is 1. The topological polar surface area (TPSA) is 64.4 Å². The average Bonchev–Trinajstić information content (AvgIpc) is 2.84. The third kappa shape index (κ3) is 3.22. The normalized spacial score (nSPS) is 9.95. The standard InChI is InChI=1S/C14H14N2O3/c1-3-8-18-12-7-5-4-6-11(12)15-14(17)13-9-10(2)16-19-13/h3-7,9H,1,8H2,2H3,(H,15,17). The molecule has 0 saturated carbocycles. The van der Waals surface area contributed by atoms with Gasteiger partial charge in [0.25, 0.3) is 5.91 Å². The van der Waals surface area contributed by atoms with Crippen LogP contribution in [-0.4, -0.2) is 17.7 Å². The Balaban J connectivity index is 2.14. The Morgan fingerprint density at radius 1 is 1.53 bits per heavy atom. The number of hydrogen-bond donors (Lipinski definition) is 1. The summed E-state index contributed by atoms with van der Waals surface area (Å²) in [5, 5.41) is 6.39. The minimum absolute atomic E-state index is 0.163. The molecule has 0 bridgehead atoms. The van der Waals surface area contributed by atoms with E-state index in [1.165, 1.54) is 0 Å². The lowest BCUT2D eigenvalue weighted by Crippen LogP contribution is -2.12. The number of hydrogen-bond acceptors (Lipinski definition) is 4. The summed E-state index contributed by atoms with van der Waals surface area (Å²) in [6.45, 7) is 5.70. The molecular weight excluding hydrogens is 244 g/mol. The molecule has 0 unspecified atom stereocenters. The Morgan fingerprint density at radius 3 is 3.00 bits per heavy atom. The number of anilines is 1. The number of ether oxygens (including phenoxy) is 1. The highest BCUT2D eigenvalue weighted by atomic mass is 16.5. The molecule has 5 heteroatoms. The first-order chi connectivity index (χ1) is 9.20. The third-order valence-corrected chi connectivity index (χ3v) is 2.34. The summed E-state index contributed by atoms with van der Waals surface area (Å²) < 4.78 is 10.3. The van der Waals surface area contributed by atoms with Crippen molar-refractivity contribution in [3.05, 3.63) is 54.4 Å². The Labute approximate surface area is 110 Å². The van der Waals surface area contributed by atoms with Gasteiger partial charge in [-0.25, -0.2) is 0 Å². The van der Waals surface area contributed by atoms with Crippen LogP contribution in [0.1, 0.15) is 16.2 Å². The molecule has 19 heavy (non-hydrogen) atoms. The Hall–Kier alpha value is -2.56. The van der Waals surface area contributed by atoms with Crippen molar-refractivity contribution in [1.82, 2.24) is 5.16 Å². The van der Waals surface area contributed by atoms with Gasteiger partial charge in [-0.15, -0.1) is 0 Å². The van der Waals surface area contributed by atoms with Gasteiger partial charge in [-0.05, 0) is 19.1 Å². The van der Waals surface area contributed by atoms with Gasteiger partial charge in [0.05, 0.1) is 11.4 Å². The van der Waals surface area contributed by atoms with Crippen LogP contribution in [0.5, 0.6) is 5.75 Å².